The number of hydrogen-bond donors (Lipinski definition) is 1. The van der Waals surface area contributed by atoms with Crippen molar-refractivity contribution in [2.24, 2.45) is 11.8 Å². The van der Waals surface area contributed by atoms with E-state index in [-0.39, 0.29) is 18.4 Å². The van der Waals surface area contributed by atoms with E-state index in [2.05, 4.69) is 19.2 Å². The third kappa shape index (κ3) is 3.54. The number of piperidine rings is 1. The summed E-state index contributed by atoms with van der Waals surface area (Å²) in [6.07, 6.45) is 2.55. The third-order valence-corrected chi connectivity index (χ3v) is 4.20. The summed E-state index contributed by atoms with van der Waals surface area (Å²) >= 11 is 0. The van der Waals surface area contributed by atoms with E-state index in [0.717, 1.165) is 17.7 Å². The summed E-state index contributed by atoms with van der Waals surface area (Å²) in [5, 5.41) is 2.65. The Bertz CT molecular complexity index is 428. The lowest BCUT2D eigenvalue weighted by molar-refractivity contribution is -0.139. The first-order valence-electron chi connectivity index (χ1n) is 7.82. The maximum absolute atomic E-state index is 12.4. The summed E-state index contributed by atoms with van der Waals surface area (Å²) in [4.78, 5) is 39.2. The zero-order valence-corrected chi connectivity index (χ0v) is 13.1. The molecule has 0 aromatic rings. The second kappa shape index (κ2) is 6.45. The number of nitrogens with zero attached hydrogens (tertiary/aromatic N) is 2. The first-order chi connectivity index (χ1) is 9.92. The van der Waals surface area contributed by atoms with Crippen LogP contribution in [0.2, 0.25) is 0 Å². The molecule has 3 unspecified atom stereocenters. The first kappa shape index (κ1) is 15.8. The first-order valence-corrected chi connectivity index (χ1v) is 7.82. The number of hydrogen-bond acceptors (Lipinski definition) is 3. The largest absolute Gasteiger partial charge is 0.341 e. The average molecular weight is 295 g/mol. The van der Waals surface area contributed by atoms with Crippen LogP contribution in [0.15, 0.2) is 0 Å². The van der Waals surface area contributed by atoms with Crippen LogP contribution in [-0.2, 0) is 9.59 Å². The van der Waals surface area contributed by atoms with Crippen molar-refractivity contribution in [3.8, 4) is 0 Å². The third-order valence-electron chi connectivity index (χ3n) is 4.20. The van der Waals surface area contributed by atoms with E-state index in [9.17, 15) is 14.4 Å². The van der Waals surface area contributed by atoms with E-state index in [4.69, 9.17) is 0 Å². The molecule has 0 saturated carbocycles. The molecular weight excluding hydrogens is 270 g/mol. The summed E-state index contributed by atoms with van der Waals surface area (Å²) in [5.41, 5.74) is 0. The van der Waals surface area contributed by atoms with Crippen LogP contribution < -0.4 is 5.32 Å². The average Bonchev–Trinajstić information content (AvgIpc) is 2.66. The summed E-state index contributed by atoms with van der Waals surface area (Å²) in [6, 6.07) is -0.903. The van der Waals surface area contributed by atoms with Gasteiger partial charge in [-0.1, -0.05) is 27.2 Å². The Morgan fingerprint density at radius 2 is 1.86 bits per heavy atom. The predicted molar refractivity (Wildman–Crippen MR) is 78.5 cm³/mol. The van der Waals surface area contributed by atoms with Gasteiger partial charge in [0.05, 0.1) is 0 Å². The van der Waals surface area contributed by atoms with Gasteiger partial charge in [-0.3, -0.25) is 14.5 Å². The molecule has 0 aromatic carbocycles. The van der Waals surface area contributed by atoms with Crippen LogP contribution in [0.3, 0.4) is 0 Å². The van der Waals surface area contributed by atoms with Gasteiger partial charge in [-0.15, -0.1) is 0 Å². The Morgan fingerprint density at radius 3 is 2.43 bits per heavy atom. The van der Waals surface area contributed by atoms with Gasteiger partial charge in [0.1, 0.15) is 12.6 Å². The van der Waals surface area contributed by atoms with Crippen molar-refractivity contribution in [3.05, 3.63) is 0 Å². The van der Waals surface area contributed by atoms with E-state index in [1.54, 1.807) is 4.90 Å². The van der Waals surface area contributed by atoms with Crippen LogP contribution in [0.5, 0.6) is 0 Å². The van der Waals surface area contributed by atoms with Gasteiger partial charge in [-0.05, 0) is 24.7 Å². The molecule has 6 nitrogen and oxygen atoms in total. The van der Waals surface area contributed by atoms with Crippen molar-refractivity contribution in [1.29, 1.82) is 0 Å². The lowest BCUT2D eigenvalue weighted by Gasteiger charge is -2.35. The minimum absolute atomic E-state index is 0.131. The van der Waals surface area contributed by atoms with Crippen LogP contribution in [0.1, 0.15) is 40.0 Å². The molecule has 6 heteroatoms. The highest BCUT2D eigenvalue weighted by Crippen LogP contribution is 2.21. The normalized spacial score (nSPS) is 29.8. The molecule has 2 heterocycles. The zero-order valence-electron chi connectivity index (χ0n) is 13.1. The number of carbonyl (C=O) groups is 3. The van der Waals surface area contributed by atoms with Crippen LogP contribution in [0.25, 0.3) is 0 Å². The minimum atomic E-state index is -0.463. The highest BCUT2D eigenvalue weighted by molar-refractivity contribution is 6.06. The van der Waals surface area contributed by atoms with E-state index in [1.165, 1.54) is 0 Å². The number of rotatable bonds is 4. The standard InChI is InChI=1S/C15H25N3O3/c1-4-5-12-14(20)18(15(21)16-12)9-13(19)17-7-10(2)6-11(3)8-17/h10-12H,4-9H2,1-3H3,(H,16,21). The summed E-state index contributed by atoms with van der Waals surface area (Å²) in [5.74, 6) is 0.532. The minimum Gasteiger partial charge on any atom is -0.341 e. The van der Waals surface area contributed by atoms with Gasteiger partial charge in [-0.2, -0.15) is 0 Å². The number of carbonyl (C=O) groups excluding carboxylic acids is 3. The number of amides is 4. The molecule has 118 valence electrons. The molecule has 0 bridgehead atoms. The predicted octanol–water partition coefficient (Wildman–Crippen LogP) is 1.21. The maximum Gasteiger partial charge on any atom is 0.325 e. The molecule has 4 amide bonds. The highest BCUT2D eigenvalue weighted by Gasteiger charge is 2.39. The fourth-order valence-corrected chi connectivity index (χ4v) is 3.31. The van der Waals surface area contributed by atoms with E-state index < -0.39 is 12.1 Å². The molecule has 0 radical (unpaired) electrons. The number of likely N-dealkylation sites (tertiary alicyclic amines) is 1. The van der Waals surface area contributed by atoms with Crippen LogP contribution in [0.4, 0.5) is 4.79 Å². The summed E-state index contributed by atoms with van der Waals surface area (Å²) in [7, 11) is 0. The van der Waals surface area contributed by atoms with Gasteiger partial charge >= 0.3 is 6.03 Å². The van der Waals surface area contributed by atoms with E-state index in [1.807, 2.05) is 6.92 Å². The van der Waals surface area contributed by atoms with Gasteiger partial charge in [0, 0.05) is 13.1 Å². The smallest absolute Gasteiger partial charge is 0.325 e. The molecular formula is C15H25N3O3. The topological polar surface area (TPSA) is 69.7 Å². The monoisotopic (exact) mass is 295 g/mol. The number of nitrogens with one attached hydrogen (secondary N) is 1. The Labute approximate surface area is 125 Å². The Balaban J connectivity index is 1.96. The molecule has 1 N–H and O–H groups in total. The van der Waals surface area contributed by atoms with Gasteiger partial charge in [-0.25, -0.2) is 4.79 Å². The van der Waals surface area contributed by atoms with Crippen LogP contribution in [0, 0.1) is 11.8 Å². The summed E-state index contributed by atoms with van der Waals surface area (Å²) < 4.78 is 0. The Kier molecular flexibility index (Phi) is 4.85. The molecule has 2 rings (SSSR count). The van der Waals surface area contributed by atoms with Crippen molar-refractivity contribution in [3.63, 3.8) is 0 Å². The van der Waals surface area contributed by atoms with Crippen molar-refractivity contribution in [2.75, 3.05) is 19.6 Å². The van der Waals surface area contributed by atoms with Gasteiger partial charge in [0.25, 0.3) is 5.91 Å². The van der Waals surface area contributed by atoms with Gasteiger partial charge in [0.2, 0.25) is 5.91 Å². The van der Waals surface area contributed by atoms with Gasteiger partial charge < -0.3 is 10.2 Å². The Hall–Kier alpha value is -1.59. The van der Waals surface area contributed by atoms with Crippen molar-refractivity contribution >= 4 is 17.8 Å². The molecule has 2 fully saturated rings. The Morgan fingerprint density at radius 1 is 1.24 bits per heavy atom. The highest BCUT2D eigenvalue weighted by atomic mass is 16.2. The van der Waals surface area contributed by atoms with Crippen LogP contribution >= 0.6 is 0 Å². The fraction of sp³-hybridized carbons (Fsp3) is 0.800. The number of urea groups is 1. The van der Waals surface area contributed by atoms with Gasteiger partial charge in [0.15, 0.2) is 0 Å². The van der Waals surface area contributed by atoms with E-state index in [0.29, 0.717) is 31.3 Å². The maximum atomic E-state index is 12.4. The number of imide groups is 1. The van der Waals surface area contributed by atoms with Crippen LogP contribution in [-0.4, -0.2) is 53.3 Å². The molecule has 3 atom stereocenters. The van der Waals surface area contributed by atoms with E-state index >= 15 is 0 Å². The molecule has 0 aromatic heterocycles. The SMILES string of the molecule is CCCC1NC(=O)N(CC(=O)N2CC(C)CC(C)C2)C1=O. The molecule has 0 spiro atoms. The lowest BCUT2D eigenvalue weighted by atomic mass is 9.92. The lowest BCUT2D eigenvalue weighted by Crippen LogP contribution is -2.48. The van der Waals surface area contributed by atoms with Crippen molar-refractivity contribution in [2.45, 2.75) is 46.1 Å². The quantitative estimate of drug-likeness (QED) is 0.793. The molecule has 2 aliphatic rings. The summed E-state index contributed by atoms with van der Waals surface area (Å²) in [6.45, 7) is 7.51. The molecule has 2 aliphatic heterocycles. The molecule has 21 heavy (non-hydrogen) atoms. The fourth-order valence-electron chi connectivity index (χ4n) is 3.31. The molecule has 2 saturated heterocycles. The zero-order chi connectivity index (χ0) is 15.6. The van der Waals surface area contributed by atoms with Crippen molar-refractivity contribution in [1.82, 2.24) is 15.1 Å². The second-order valence-electron chi connectivity index (χ2n) is 6.46. The van der Waals surface area contributed by atoms with Crippen molar-refractivity contribution < 1.29 is 14.4 Å². The molecule has 0 aliphatic carbocycles. The second-order valence-corrected chi connectivity index (χ2v) is 6.46.